The topological polar surface area (TPSA) is 88.1 Å². The summed E-state index contributed by atoms with van der Waals surface area (Å²) in [5.41, 5.74) is -1.62. The average molecular weight is 332 g/mol. The van der Waals surface area contributed by atoms with Crippen molar-refractivity contribution in [1.29, 1.82) is 0 Å². The molecule has 2 fully saturated rings. The second-order valence-electron chi connectivity index (χ2n) is 6.23. The van der Waals surface area contributed by atoms with Gasteiger partial charge in [0.2, 0.25) is 5.60 Å². The molecule has 1 spiro atoms. The van der Waals surface area contributed by atoms with E-state index in [2.05, 4.69) is 0 Å². The first-order chi connectivity index (χ1) is 10.2. The Bertz CT molecular complexity index is 590. The van der Waals surface area contributed by atoms with E-state index < -0.39 is 33.4 Å². The van der Waals surface area contributed by atoms with Gasteiger partial charge in [0.05, 0.1) is 26.1 Å². The van der Waals surface area contributed by atoms with Crippen LogP contribution in [0.4, 0.5) is 0 Å². The molecule has 0 bridgehead atoms. The fraction of sp³-hybridized carbons (Fsp3) is 0.786. The highest BCUT2D eigenvalue weighted by atomic mass is 32.2. The third-order valence-electron chi connectivity index (χ3n) is 4.31. The molecule has 1 aliphatic carbocycles. The molecule has 0 amide bonds. The quantitative estimate of drug-likeness (QED) is 0.416. The summed E-state index contributed by atoms with van der Waals surface area (Å²) in [5, 5.41) is 0. The number of allylic oxidation sites excluding steroid dienone is 1. The molecule has 2 saturated heterocycles. The Balaban J connectivity index is 2.02. The monoisotopic (exact) mass is 332 g/mol. The third kappa shape index (κ3) is 2.80. The Morgan fingerprint density at radius 1 is 1.27 bits per heavy atom. The van der Waals surface area contributed by atoms with Crippen molar-refractivity contribution in [3.63, 3.8) is 0 Å². The van der Waals surface area contributed by atoms with Crippen molar-refractivity contribution in [3.05, 3.63) is 12.2 Å². The molecule has 2 heterocycles. The number of ether oxygens (including phenoxy) is 3. The molecule has 2 aliphatic heterocycles. The van der Waals surface area contributed by atoms with Gasteiger partial charge in [-0.15, -0.1) is 0 Å². The molecule has 7 nitrogen and oxygen atoms in total. The standard InChI is InChI=1S/C14H20O7S/c1-10-3-4-14(21-22(2,16)17)11(9-18-12(14)15)8-13(7-10)19-5-6-20-13/h3-4,10-11H,5-9H2,1-2H3/b4-3-/t10-,11-,14+/m0/s1. The molecule has 3 aliphatic rings. The van der Waals surface area contributed by atoms with E-state index >= 15 is 0 Å². The van der Waals surface area contributed by atoms with E-state index in [1.54, 1.807) is 6.08 Å². The highest BCUT2D eigenvalue weighted by molar-refractivity contribution is 7.86. The zero-order valence-electron chi connectivity index (χ0n) is 12.6. The smallest absolute Gasteiger partial charge is 0.344 e. The van der Waals surface area contributed by atoms with Crippen molar-refractivity contribution >= 4 is 16.1 Å². The van der Waals surface area contributed by atoms with Gasteiger partial charge in [-0.05, 0) is 12.0 Å². The third-order valence-corrected chi connectivity index (χ3v) is 4.89. The van der Waals surface area contributed by atoms with E-state index in [1.807, 2.05) is 6.92 Å². The molecule has 22 heavy (non-hydrogen) atoms. The minimum absolute atomic E-state index is 0.0486. The van der Waals surface area contributed by atoms with E-state index in [-0.39, 0.29) is 12.5 Å². The summed E-state index contributed by atoms with van der Waals surface area (Å²) in [6, 6.07) is 0. The van der Waals surface area contributed by atoms with Crippen LogP contribution in [0.25, 0.3) is 0 Å². The lowest BCUT2D eigenvalue weighted by Crippen LogP contribution is -2.48. The van der Waals surface area contributed by atoms with Crippen molar-refractivity contribution in [1.82, 2.24) is 0 Å². The molecule has 0 aromatic rings. The van der Waals surface area contributed by atoms with Gasteiger partial charge in [-0.25, -0.2) is 8.98 Å². The summed E-state index contributed by atoms with van der Waals surface area (Å²) in [6.07, 6.45) is 5.22. The summed E-state index contributed by atoms with van der Waals surface area (Å²) >= 11 is 0. The molecule has 3 atom stereocenters. The molecule has 124 valence electrons. The summed E-state index contributed by atoms with van der Waals surface area (Å²) in [6.45, 7) is 3.01. The fourth-order valence-corrected chi connectivity index (χ4v) is 4.19. The number of rotatable bonds is 2. The Hall–Kier alpha value is -0.960. The number of carbonyl (C=O) groups excluding carboxylic acids is 1. The van der Waals surface area contributed by atoms with Crippen molar-refractivity contribution in [2.75, 3.05) is 26.1 Å². The summed E-state index contributed by atoms with van der Waals surface area (Å²) in [4.78, 5) is 12.2. The first kappa shape index (κ1) is 15.9. The summed E-state index contributed by atoms with van der Waals surface area (Å²) in [7, 11) is -3.83. The van der Waals surface area contributed by atoms with Crippen molar-refractivity contribution in [2.45, 2.75) is 31.2 Å². The number of carbonyl (C=O) groups is 1. The SMILES string of the molecule is C[C@H]1/C=C\[C@]2(OS(C)(=O)=O)C(=O)OC[C@@H]2CC2(C1)OCCO2. The Kier molecular flexibility index (Phi) is 3.83. The zero-order valence-corrected chi connectivity index (χ0v) is 13.4. The van der Waals surface area contributed by atoms with Gasteiger partial charge in [0, 0.05) is 18.8 Å². The highest BCUT2D eigenvalue weighted by Gasteiger charge is 2.58. The van der Waals surface area contributed by atoms with Crippen LogP contribution in [0.3, 0.4) is 0 Å². The number of esters is 1. The molecular weight excluding hydrogens is 312 g/mol. The first-order valence-electron chi connectivity index (χ1n) is 7.30. The van der Waals surface area contributed by atoms with E-state index in [1.165, 1.54) is 6.08 Å². The summed E-state index contributed by atoms with van der Waals surface area (Å²) < 4.78 is 45.1. The zero-order chi connectivity index (χ0) is 16.0. The minimum atomic E-state index is -3.83. The summed E-state index contributed by atoms with van der Waals surface area (Å²) in [5.74, 6) is -1.92. The van der Waals surface area contributed by atoms with Crippen LogP contribution in [0, 0.1) is 11.8 Å². The maximum atomic E-state index is 12.2. The number of hydrogen-bond donors (Lipinski definition) is 0. The lowest BCUT2D eigenvalue weighted by Gasteiger charge is -2.37. The van der Waals surface area contributed by atoms with Crippen LogP contribution >= 0.6 is 0 Å². The Morgan fingerprint density at radius 2 is 1.95 bits per heavy atom. The van der Waals surface area contributed by atoms with Gasteiger partial charge in [-0.3, -0.25) is 0 Å². The molecule has 3 rings (SSSR count). The second kappa shape index (κ2) is 5.30. The van der Waals surface area contributed by atoms with Crippen LogP contribution in [0.5, 0.6) is 0 Å². The van der Waals surface area contributed by atoms with E-state index in [0.29, 0.717) is 26.1 Å². The second-order valence-corrected chi connectivity index (χ2v) is 7.80. The number of fused-ring (bicyclic) bond motifs is 1. The Labute approximate surface area is 129 Å². The maximum absolute atomic E-state index is 12.2. The van der Waals surface area contributed by atoms with Crippen LogP contribution in [-0.2, 0) is 33.3 Å². The van der Waals surface area contributed by atoms with Gasteiger partial charge >= 0.3 is 5.97 Å². The van der Waals surface area contributed by atoms with E-state index in [0.717, 1.165) is 6.26 Å². The molecule has 0 saturated carbocycles. The minimum Gasteiger partial charge on any atom is -0.463 e. The fourth-order valence-electron chi connectivity index (χ4n) is 3.43. The lowest BCUT2D eigenvalue weighted by atomic mass is 9.79. The van der Waals surface area contributed by atoms with Gasteiger partial charge in [0.25, 0.3) is 10.1 Å². The molecule has 8 heteroatoms. The number of hydrogen-bond acceptors (Lipinski definition) is 7. The van der Waals surface area contributed by atoms with Gasteiger partial charge in [-0.2, -0.15) is 8.42 Å². The molecule has 0 N–H and O–H groups in total. The lowest BCUT2D eigenvalue weighted by molar-refractivity contribution is -0.186. The average Bonchev–Trinajstić information content (AvgIpc) is 2.94. The van der Waals surface area contributed by atoms with Crippen LogP contribution in [0.2, 0.25) is 0 Å². The highest BCUT2D eigenvalue weighted by Crippen LogP contribution is 2.45. The first-order valence-corrected chi connectivity index (χ1v) is 9.11. The van der Waals surface area contributed by atoms with Crippen LogP contribution < -0.4 is 0 Å². The predicted molar refractivity (Wildman–Crippen MR) is 75.3 cm³/mol. The van der Waals surface area contributed by atoms with Crippen molar-refractivity contribution in [3.8, 4) is 0 Å². The predicted octanol–water partition coefficient (Wildman–Crippen LogP) is 0.604. The molecule has 0 radical (unpaired) electrons. The van der Waals surface area contributed by atoms with E-state index in [4.69, 9.17) is 18.4 Å². The van der Waals surface area contributed by atoms with Gasteiger partial charge in [0.15, 0.2) is 5.79 Å². The van der Waals surface area contributed by atoms with Crippen LogP contribution in [0.15, 0.2) is 12.2 Å². The van der Waals surface area contributed by atoms with Crippen LogP contribution in [-0.4, -0.2) is 51.9 Å². The molecular formula is C14H20O7S. The molecule has 0 unspecified atom stereocenters. The van der Waals surface area contributed by atoms with Crippen molar-refractivity contribution in [2.24, 2.45) is 11.8 Å². The molecule has 0 aromatic heterocycles. The van der Waals surface area contributed by atoms with Crippen LogP contribution in [0.1, 0.15) is 19.8 Å². The molecule has 0 aromatic carbocycles. The maximum Gasteiger partial charge on any atom is 0.344 e. The van der Waals surface area contributed by atoms with Gasteiger partial charge in [-0.1, -0.05) is 13.0 Å². The number of cyclic esters (lactones) is 1. The largest absolute Gasteiger partial charge is 0.463 e. The van der Waals surface area contributed by atoms with E-state index in [9.17, 15) is 13.2 Å². The van der Waals surface area contributed by atoms with Crippen molar-refractivity contribution < 1.29 is 31.6 Å². The normalized spacial score (nSPS) is 39.1. The Morgan fingerprint density at radius 3 is 2.59 bits per heavy atom. The van der Waals surface area contributed by atoms with Gasteiger partial charge < -0.3 is 14.2 Å². The van der Waals surface area contributed by atoms with Gasteiger partial charge in [0.1, 0.15) is 0 Å².